The Hall–Kier alpha value is -3.73. The van der Waals surface area contributed by atoms with Crippen molar-refractivity contribution in [3.05, 3.63) is 52.6 Å². The minimum atomic E-state index is -0.731. The number of hydrogen-bond donors (Lipinski definition) is 0. The van der Waals surface area contributed by atoms with Gasteiger partial charge in [-0.1, -0.05) is 24.3 Å². The summed E-state index contributed by atoms with van der Waals surface area (Å²) in [4.78, 5) is 33.2. The fourth-order valence-electron chi connectivity index (χ4n) is 1.66. The van der Waals surface area contributed by atoms with E-state index >= 15 is 0 Å². The lowest BCUT2D eigenvalue weighted by Crippen LogP contribution is -2.05. The number of benzene rings is 1. The standard InChI is InChI=1S/C18H12N2O4/c1-2-24-18(23)16(12-20)10-14-5-3-13(4-6-14)9-15(11-19)17(22)7-8-21/h3-7,9-10H,2H2,1H3. The molecule has 1 aromatic rings. The van der Waals surface area contributed by atoms with Crippen molar-refractivity contribution >= 4 is 29.8 Å². The van der Waals surface area contributed by atoms with Crippen LogP contribution in [0.4, 0.5) is 0 Å². The molecule has 24 heavy (non-hydrogen) atoms. The summed E-state index contributed by atoms with van der Waals surface area (Å²) in [6, 6.07) is 9.89. The van der Waals surface area contributed by atoms with E-state index in [0.717, 1.165) is 0 Å². The van der Waals surface area contributed by atoms with Crippen LogP contribution in [0.25, 0.3) is 12.2 Å². The minimum absolute atomic E-state index is 0.135. The number of rotatable bonds is 6. The summed E-state index contributed by atoms with van der Waals surface area (Å²) in [6.07, 6.45) is 3.34. The molecule has 0 unspecified atom stereocenters. The summed E-state index contributed by atoms with van der Waals surface area (Å²) >= 11 is 0. The zero-order valence-corrected chi connectivity index (χ0v) is 12.8. The van der Waals surface area contributed by atoms with Crippen molar-refractivity contribution < 1.29 is 19.1 Å². The van der Waals surface area contributed by atoms with Crippen molar-refractivity contribution in [2.75, 3.05) is 6.61 Å². The summed E-state index contributed by atoms with van der Waals surface area (Å²) in [5.41, 5.74) is 0.787. The van der Waals surface area contributed by atoms with Gasteiger partial charge in [-0.2, -0.15) is 10.5 Å². The number of carbonyl (C=O) groups is 2. The average Bonchev–Trinajstić information content (AvgIpc) is 2.59. The molecule has 118 valence electrons. The van der Waals surface area contributed by atoms with E-state index in [1.54, 1.807) is 43.3 Å². The fraction of sp³-hybridized carbons (Fsp3) is 0.111. The third kappa shape index (κ3) is 5.23. The fourth-order valence-corrected chi connectivity index (χ4v) is 1.66. The highest BCUT2D eigenvalue weighted by atomic mass is 16.5. The zero-order chi connectivity index (χ0) is 17.9. The third-order valence-corrected chi connectivity index (χ3v) is 2.75. The van der Waals surface area contributed by atoms with Crippen LogP contribution < -0.4 is 0 Å². The highest BCUT2D eigenvalue weighted by Gasteiger charge is 2.09. The molecule has 6 nitrogen and oxygen atoms in total. The Kier molecular flexibility index (Phi) is 7.11. The van der Waals surface area contributed by atoms with E-state index in [4.69, 9.17) is 15.3 Å². The smallest absolute Gasteiger partial charge is 0.348 e. The summed E-state index contributed by atoms with van der Waals surface area (Å²) < 4.78 is 4.76. The first kappa shape index (κ1) is 18.3. The first-order valence-corrected chi connectivity index (χ1v) is 6.81. The van der Waals surface area contributed by atoms with Crippen LogP contribution in [-0.2, 0) is 19.1 Å². The Balaban J connectivity index is 3.07. The van der Waals surface area contributed by atoms with Crippen molar-refractivity contribution in [1.82, 2.24) is 0 Å². The van der Waals surface area contributed by atoms with Crippen molar-refractivity contribution in [2.45, 2.75) is 6.92 Å². The number of ether oxygens (including phenoxy) is 1. The predicted molar refractivity (Wildman–Crippen MR) is 85.5 cm³/mol. The average molecular weight is 320 g/mol. The lowest BCUT2D eigenvalue weighted by molar-refractivity contribution is -0.137. The van der Waals surface area contributed by atoms with E-state index < -0.39 is 11.8 Å². The van der Waals surface area contributed by atoms with Gasteiger partial charge in [-0.05, 0) is 30.2 Å². The largest absolute Gasteiger partial charge is 0.462 e. The molecule has 0 atom stereocenters. The predicted octanol–water partition coefficient (Wildman–Crippen LogP) is 2.02. The second-order valence-electron chi connectivity index (χ2n) is 4.35. The van der Waals surface area contributed by atoms with Crippen LogP contribution >= 0.6 is 0 Å². The Morgan fingerprint density at radius 3 is 1.96 bits per heavy atom. The molecule has 0 spiro atoms. The van der Waals surface area contributed by atoms with Crippen LogP contribution in [0.1, 0.15) is 18.1 Å². The van der Waals surface area contributed by atoms with Crippen LogP contribution in [0.15, 0.2) is 41.5 Å². The maximum Gasteiger partial charge on any atom is 0.348 e. The van der Waals surface area contributed by atoms with E-state index in [-0.39, 0.29) is 17.8 Å². The second-order valence-corrected chi connectivity index (χ2v) is 4.35. The molecule has 0 N–H and O–H groups in total. The molecule has 1 aromatic carbocycles. The SMILES string of the molecule is CCOC(=O)C(C#N)=Cc1ccc(C=C(C#N)C(=O)C=C=O)cc1. The molecule has 0 fully saturated rings. The molecule has 0 radical (unpaired) electrons. The van der Waals surface area contributed by atoms with Gasteiger partial charge in [0.1, 0.15) is 29.2 Å². The Bertz CT molecular complexity index is 827. The topological polar surface area (TPSA) is 108 Å². The molecule has 0 aromatic heterocycles. The molecule has 0 aliphatic rings. The van der Waals surface area contributed by atoms with Crippen LogP contribution in [0.5, 0.6) is 0 Å². The number of carbonyl (C=O) groups excluding carboxylic acids is 3. The lowest BCUT2D eigenvalue weighted by atomic mass is 10.1. The van der Waals surface area contributed by atoms with Gasteiger partial charge in [-0.25, -0.2) is 9.59 Å². The summed E-state index contributed by atoms with van der Waals surface area (Å²) in [7, 11) is 0. The van der Waals surface area contributed by atoms with Gasteiger partial charge in [0.15, 0.2) is 0 Å². The number of nitriles is 2. The van der Waals surface area contributed by atoms with E-state index in [2.05, 4.69) is 0 Å². The van der Waals surface area contributed by atoms with E-state index in [0.29, 0.717) is 17.2 Å². The maximum atomic E-state index is 11.5. The molecule has 0 saturated carbocycles. The number of ketones is 1. The van der Waals surface area contributed by atoms with Crippen molar-refractivity contribution in [2.24, 2.45) is 0 Å². The van der Waals surface area contributed by atoms with Gasteiger partial charge in [-0.15, -0.1) is 0 Å². The summed E-state index contributed by atoms with van der Waals surface area (Å²) in [5.74, 6) is -0.110. The summed E-state index contributed by atoms with van der Waals surface area (Å²) in [5, 5.41) is 17.9. The maximum absolute atomic E-state index is 11.5. The molecule has 0 heterocycles. The van der Waals surface area contributed by atoms with E-state index in [9.17, 15) is 14.4 Å². The number of esters is 1. The van der Waals surface area contributed by atoms with Crippen LogP contribution in [0, 0.1) is 22.7 Å². The highest BCUT2D eigenvalue weighted by molar-refractivity contribution is 6.13. The Morgan fingerprint density at radius 2 is 1.54 bits per heavy atom. The highest BCUT2D eigenvalue weighted by Crippen LogP contribution is 2.13. The number of nitrogens with zero attached hydrogens (tertiary/aromatic N) is 2. The van der Waals surface area contributed by atoms with Gasteiger partial charge >= 0.3 is 5.97 Å². The molecule has 0 aliphatic heterocycles. The second kappa shape index (κ2) is 9.32. The van der Waals surface area contributed by atoms with Crippen molar-refractivity contribution in [3.63, 3.8) is 0 Å². The van der Waals surface area contributed by atoms with Crippen molar-refractivity contribution in [1.29, 1.82) is 10.5 Å². The van der Waals surface area contributed by atoms with Gasteiger partial charge in [0.05, 0.1) is 12.7 Å². The molecule has 0 aliphatic carbocycles. The minimum Gasteiger partial charge on any atom is -0.462 e. The van der Waals surface area contributed by atoms with Crippen LogP contribution in [0.3, 0.4) is 0 Å². The van der Waals surface area contributed by atoms with Gasteiger partial charge in [0.25, 0.3) is 0 Å². The molecule has 6 heteroatoms. The lowest BCUT2D eigenvalue weighted by Gasteiger charge is -2.00. The molecular weight excluding hydrogens is 308 g/mol. The van der Waals surface area contributed by atoms with Gasteiger partial charge < -0.3 is 4.74 Å². The normalized spacial score (nSPS) is 10.8. The monoisotopic (exact) mass is 320 g/mol. The molecule has 0 bridgehead atoms. The quantitative estimate of drug-likeness (QED) is 0.343. The summed E-state index contributed by atoms with van der Waals surface area (Å²) in [6.45, 7) is 1.81. The van der Waals surface area contributed by atoms with E-state index in [1.165, 1.54) is 18.1 Å². The Morgan fingerprint density at radius 1 is 1.04 bits per heavy atom. The zero-order valence-electron chi connectivity index (χ0n) is 12.8. The van der Waals surface area contributed by atoms with Crippen molar-refractivity contribution in [3.8, 4) is 12.1 Å². The Labute approximate surface area is 138 Å². The first-order chi connectivity index (χ1) is 11.5. The molecule has 1 rings (SSSR count). The molecular formula is C18H12N2O4. The van der Waals surface area contributed by atoms with Gasteiger partial charge in [0.2, 0.25) is 5.78 Å². The van der Waals surface area contributed by atoms with Crippen LogP contribution in [-0.4, -0.2) is 24.3 Å². The first-order valence-electron chi connectivity index (χ1n) is 6.81. The number of allylic oxidation sites excluding steroid dienone is 2. The number of hydrogen-bond acceptors (Lipinski definition) is 6. The molecule has 0 saturated heterocycles. The van der Waals surface area contributed by atoms with Gasteiger partial charge in [-0.3, -0.25) is 4.79 Å². The third-order valence-electron chi connectivity index (χ3n) is 2.75. The van der Waals surface area contributed by atoms with Crippen LogP contribution in [0.2, 0.25) is 0 Å². The van der Waals surface area contributed by atoms with Gasteiger partial charge in [0, 0.05) is 0 Å². The molecule has 0 amide bonds. The van der Waals surface area contributed by atoms with E-state index in [1.807, 2.05) is 0 Å².